The fourth-order valence-corrected chi connectivity index (χ4v) is 2.70. The second-order valence-corrected chi connectivity index (χ2v) is 6.48. The maximum absolute atomic E-state index is 12.0. The van der Waals surface area contributed by atoms with Gasteiger partial charge in [-0.25, -0.2) is 0 Å². The van der Waals surface area contributed by atoms with Crippen LogP contribution >= 0.6 is 0 Å². The highest BCUT2D eigenvalue weighted by atomic mass is 16.2. The van der Waals surface area contributed by atoms with Gasteiger partial charge in [0.2, 0.25) is 11.8 Å². The molecule has 2 rings (SSSR count). The van der Waals surface area contributed by atoms with Crippen LogP contribution in [0.4, 0.5) is 5.69 Å². The SMILES string of the molecule is CC(C)CC(=O)N1CCN(CCC(=O)Nc2ccccc2)CC1. The van der Waals surface area contributed by atoms with Gasteiger partial charge in [0.1, 0.15) is 0 Å². The van der Waals surface area contributed by atoms with Gasteiger partial charge < -0.3 is 10.2 Å². The third-order valence-electron chi connectivity index (χ3n) is 4.02. The zero-order valence-electron chi connectivity index (χ0n) is 14.1. The van der Waals surface area contributed by atoms with E-state index >= 15 is 0 Å². The first-order valence-corrected chi connectivity index (χ1v) is 8.39. The van der Waals surface area contributed by atoms with Crippen molar-refractivity contribution in [2.75, 3.05) is 38.0 Å². The molecule has 0 aliphatic carbocycles. The predicted octanol–water partition coefficient (Wildman–Crippen LogP) is 2.21. The van der Waals surface area contributed by atoms with Gasteiger partial charge >= 0.3 is 0 Å². The number of nitrogens with one attached hydrogen (secondary N) is 1. The molecule has 0 aromatic heterocycles. The van der Waals surface area contributed by atoms with Crippen LogP contribution in [0, 0.1) is 5.92 Å². The molecule has 1 aromatic rings. The average molecular weight is 317 g/mol. The highest BCUT2D eigenvalue weighted by molar-refractivity contribution is 5.90. The summed E-state index contributed by atoms with van der Waals surface area (Å²) in [5.41, 5.74) is 0.835. The van der Waals surface area contributed by atoms with Crippen molar-refractivity contribution in [3.05, 3.63) is 30.3 Å². The van der Waals surface area contributed by atoms with E-state index < -0.39 is 0 Å². The van der Waals surface area contributed by atoms with E-state index in [0.29, 0.717) is 18.8 Å². The van der Waals surface area contributed by atoms with E-state index in [1.807, 2.05) is 35.2 Å². The largest absolute Gasteiger partial charge is 0.340 e. The van der Waals surface area contributed by atoms with E-state index in [1.54, 1.807) is 0 Å². The van der Waals surface area contributed by atoms with E-state index in [2.05, 4.69) is 24.1 Å². The predicted molar refractivity (Wildman–Crippen MR) is 92.2 cm³/mol. The number of anilines is 1. The standard InChI is InChI=1S/C18H27N3O2/c1-15(2)14-18(23)21-12-10-20(11-13-21)9-8-17(22)19-16-6-4-3-5-7-16/h3-7,15H,8-14H2,1-2H3,(H,19,22). The highest BCUT2D eigenvalue weighted by Crippen LogP contribution is 2.09. The molecule has 0 atom stereocenters. The molecule has 1 aliphatic heterocycles. The van der Waals surface area contributed by atoms with Crippen LogP contribution in [0.1, 0.15) is 26.7 Å². The maximum atomic E-state index is 12.0. The Bertz CT molecular complexity index is 508. The van der Waals surface area contributed by atoms with E-state index in [9.17, 15) is 9.59 Å². The molecule has 23 heavy (non-hydrogen) atoms. The van der Waals surface area contributed by atoms with Crippen molar-refractivity contribution in [2.45, 2.75) is 26.7 Å². The van der Waals surface area contributed by atoms with Crippen LogP contribution in [0.25, 0.3) is 0 Å². The summed E-state index contributed by atoms with van der Waals surface area (Å²) in [5.74, 6) is 0.693. The first kappa shape index (κ1) is 17.5. The summed E-state index contributed by atoms with van der Waals surface area (Å²) >= 11 is 0. The molecule has 0 saturated carbocycles. The lowest BCUT2D eigenvalue weighted by molar-refractivity contribution is -0.134. The molecule has 1 N–H and O–H groups in total. The minimum atomic E-state index is 0.0366. The zero-order valence-corrected chi connectivity index (χ0v) is 14.1. The first-order chi connectivity index (χ1) is 11.0. The van der Waals surface area contributed by atoms with Gasteiger partial charge in [-0.1, -0.05) is 32.0 Å². The second-order valence-electron chi connectivity index (χ2n) is 6.48. The third-order valence-corrected chi connectivity index (χ3v) is 4.02. The van der Waals surface area contributed by atoms with Crippen molar-refractivity contribution in [2.24, 2.45) is 5.92 Å². The van der Waals surface area contributed by atoms with E-state index in [0.717, 1.165) is 38.4 Å². The van der Waals surface area contributed by atoms with Crippen LogP contribution < -0.4 is 5.32 Å². The molecule has 0 unspecified atom stereocenters. The molecule has 126 valence electrons. The molecule has 1 fully saturated rings. The fourth-order valence-electron chi connectivity index (χ4n) is 2.70. The second kappa shape index (κ2) is 8.67. The number of carbonyl (C=O) groups excluding carboxylic acids is 2. The van der Waals surface area contributed by atoms with Crippen LogP contribution in [0.5, 0.6) is 0 Å². The Hall–Kier alpha value is -1.88. The fraction of sp³-hybridized carbons (Fsp3) is 0.556. The molecule has 1 heterocycles. The van der Waals surface area contributed by atoms with Gasteiger partial charge in [0.05, 0.1) is 0 Å². The summed E-state index contributed by atoms with van der Waals surface area (Å²) < 4.78 is 0. The summed E-state index contributed by atoms with van der Waals surface area (Å²) in [6.45, 7) is 8.12. The van der Waals surface area contributed by atoms with Crippen molar-refractivity contribution in [1.29, 1.82) is 0 Å². The van der Waals surface area contributed by atoms with Gasteiger partial charge in [0.15, 0.2) is 0 Å². The minimum absolute atomic E-state index is 0.0366. The molecular weight excluding hydrogens is 290 g/mol. The lowest BCUT2D eigenvalue weighted by Crippen LogP contribution is -2.49. The van der Waals surface area contributed by atoms with E-state index in [-0.39, 0.29) is 11.8 Å². The lowest BCUT2D eigenvalue weighted by atomic mass is 10.1. The van der Waals surface area contributed by atoms with Crippen LogP contribution in [0.15, 0.2) is 30.3 Å². The third kappa shape index (κ3) is 6.02. The normalized spacial score (nSPS) is 15.7. The summed E-state index contributed by atoms with van der Waals surface area (Å²) in [6, 6.07) is 9.51. The van der Waals surface area contributed by atoms with Crippen molar-refractivity contribution < 1.29 is 9.59 Å². The maximum Gasteiger partial charge on any atom is 0.225 e. The van der Waals surface area contributed by atoms with E-state index in [1.165, 1.54) is 0 Å². The molecule has 1 aromatic carbocycles. The van der Waals surface area contributed by atoms with Crippen LogP contribution in [-0.4, -0.2) is 54.3 Å². The number of hydrogen-bond acceptors (Lipinski definition) is 3. The van der Waals surface area contributed by atoms with Crippen molar-refractivity contribution >= 4 is 17.5 Å². The summed E-state index contributed by atoms with van der Waals surface area (Å²) in [6.07, 6.45) is 1.11. The Morgan fingerprint density at radius 3 is 2.35 bits per heavy atom. The number of benzene rings is 1. The van der Waals surface area contributed by atoms with Crippen LogP contribution in [0.3, 0.4) is 0 Å². The summed E-state index contributed by atoms with van der Waals surface area (Å²) in [4.78, 5) is 28.2. The zero-order chi connectivity index (χ0) is 16.7. The Balaban J connectivity index is 1.66. The van der Waals surface area contributed by atoms with Gasteiger partial charge in [-0.2, -0.15) is 0 Å². The average Bonchev–Trinajstić information content (AvgIpc) is 2.54. The number of carbonyl (C=O) groups is 2. The van der Waals surface area contributed by atoms with Gasteiger partial charge in [0.25, 0.3) is 0 Å². The smallest absolute Gasteiger partial charge is 0.225 e. The summed E-state index contributed by atoms with van der Waals surface area (Å²) in [5, 5.41) is 2.90. The molecule has 1 aliphatic rings. The van der Waals surface area contributed by atoms with Crippen molar-refractivity contribution in [3.8, 4) is 0 Å². The van der Waals surface area contributed by atoms with Gasteiger partial charge in [0, 0.05) is 51.3 Å². The highest BCUT2D eigenvalue weighted by Gasteiger charge is 2.21. The number of para-hydroxylation sites is 1. The van der Waals surface area contributed by atoms with Gasteiger partial charge in [-0.15, -0.1) is 0 Å². The molecule has 0 spiro atoms. The molecule has 5 nitrogen and oxygen atoms in total. The van der Waals surface area contributed by atoms with Crippen LogP contribution in [0.2, 0.25) is 0 Å². The first-order valence-electron chi connectivity index (χ1n) is 8.39. The Labute approximate surface area is 138 Å². The van der Waals surface area contributed by atoms with E-state index in [4.69, 9.17) is 0 Å². The molecule has 5 heteroatoms. The Morgan fingerprint density at radius 1 is 1.09 bits per heavy atom. The minimum Gasteiger partial charge on any atom is -0.340 e. The quantitative estimate of drug-likeness (QED) is 0.875. The lowest BCUT2D eigenvalue weighted by Gasteiger charge is -2.35. The number of nitrogens with zero attached hydrogens (tertiary/aromatic N) is 2. The topological polar surface area (TPSA) is 52.7 Å². The van der Waals surface area contributed by atoms with Crippen molar-refractivity contribution in [1.82, 2.24) is 9.80 Å². The van der Waals surface area contributed by atoms with Gasteiger partial charge in [-0.05, 0) is 18.1 Å². The summed E-state index contributed by atoms with van der Waals surface area (Å²) in [7, 11) is 0. The molecular formula is C18H27N3O2. The Kier molecular flexibility index (Phi) is 6.59. The Morgan fingerprint density at radius 2 is 1.74 bits per heavy atom. The number of rotatable bonds is 6. The van der Waals surface area contributed by atoms with Crippen LogP contribution in [-0.2, 0) is 9.59 Å². The molecule has 0 bridgehead atoms. The number of piperazine rings is 1. The monoisotopic (exact) mass is 317 g/mol. The number of amides is 2. The molecule has 1 saturated heterocycles. The van der Waals surface area contributed by atoms with Crippen molar-refractivity contribution in [3.63, 3.8) is 0 Å². The number of hydrogen-bond donors (Lipinski definition) is 1. The van der Waals surface area contributed by atoms with Gasteiger partial charge in [-0.3, -0.25) is 14.5 Å². The molecule has 0 radical (unpaired) electrons. The molecule has 2 amide bonds.